The van der Waals surface area contributed by atoms with E-state index in [-0.39, 0.29) is 0 Å². The molecule has 2 aromatic heterocycles. The van der Waals surface area contributed by atoms with Gasteiger partial charge in [-0.05, 0) is 68.5 Å². The topological polar surface area (TPSA) is 29.7 Å². The fraction of sp³-hybridized carbons (Fsp3) is 0.222. The molecule has 0 fully saturated rings. The Kier molecular flexibility index (Phi) is 4.11. The summed E-state index contributed by atoms with van der Waals surface area (Å²) >= 11 is 0. The molecule has 3 nitrogen and oxygen atoms in total. The average Bonchev–Trinajstić information content (AvgIpc) is 2.69. The van der Waals surface area contributed by atoms with Crippen LogP contribution in [0.2, 0.25) is 0 Å². The number of benzene rings is 3. The molecular formula is C27H26N3+. The molecule has 0 unspecified atom stereocenters. The number of hydrogen-bond acceptors (Lipinski definition) is 2. The van der Waals surface area contributed by atoms with Gasteiger partial charge < -0.3 is 0 Å². The quantitative estimate of drug-likeness (QED) is 0.260. The van der Waals surface area contributed by atoms with Gasteiger partial charge in [0, 0.05) is 16.8 Å². The molecule has 2 heterocycles. The van der Waals surface area contributed by atoms with Crippen molar-refractivity contribution < 1.29 is 4.57 Å². The van der Waals surface area contributed by atoms with Crippen LogP contribution in [0.25, 0.3) is 43.7 Å². The molecule has 0 aliphatic heterocycles. The molecule has 0 radical (unpaired) electrons. The average molecular weight is 393 g/mol. The largest absolute Gasteiger partial charge is 0.241 e. The van der Waals surface area contributed by atoms with Gasteiger partial charge in [-0.3, -0.25) is 0 Å². The number of nitrogens with zero attached hydrogens (tertiary/aromatic N) is 3. The number of aromatic nitrogens is 3. The van der Waals surface area contributed by atoms with E-state index in [2.05, 4.69) is 93.8 Å². The van der Waals surface area contributed by atoms with Crippen molar-refractivity contribution >= 4 is 32.6 Å². The molecule has 5 rings (SSSR count). The lowest BCUT2D eigenvalue weighted by Crippen LogP contribution is -2.28. The lowest BCUT2D eigenvalue weighted by Gasteiger charge is -2.18. The number of fused-ring (bicyclic) bond motifs is 6. The molecule has 0 amide bonds. The lowest BCUT2D eigenvalue weighted by atomic mass is 9.86. The SMILES string of the molecule is Cc1cc(C)c(-c2ccc(C)c3c4ccc[n+](C)c4c4c(C)ncnc4c23)c(C)c1. The van der Waals surface area contributed by atoms with Crippen LogP contribution in [0.3, 0.4) is 0 Å². The Balaban J connectivity index is 2.14. The molecule has 0 N–H and O–H groups in total. The molecule has 0 bridgehead atoms. The third-order valence-corrected chi connectivity index (χ3v) is 6.32. The van der Waals surface area contributed by atoms with E-state index in [1.165, 1.54) is 55.1 Å². The molecule has 0 spiro atoms. The van der Waals surface area contributed by atoms with Gasteiger partial charge in [0.05, 0.1) is 22.0 Å². The van der Waals surface area contributed by atoms with Gasteiger partial charge in [-0.1, -0.05) is 29.8 Å². The second kappa shape index (κ2) is 6.60. The summed E-state index contributed by atoms with van der Waals surface area (Å²) in [5.41, 5.74) is 11.0. The summed E-state index contributed by atoms with van der Waals surface area (Å²) in [6.45, 7) is 10.9. The summed E-state index contributed by atoms with van der Waals surface area (Å²) < 4.78 is 2.20. The molecule has 148 valence electrons. The predicted octanol–water partition coefficient (Wildman–Crippen LogP) is 5.97. The zero-order valence-corrected chi connectivity index (χ0v) is 18.5. The van der Waals surface area contributed by atoms with Gasteiger partial charge in [0.2, 0.25) is 5.52 Å². The fourth-order valence-corrected chi connectivity index (χ4v) is 5.18. The van der Waals surface area contributed by atoms with Crippen molar-refractivity contribution in [2.45, 2.75) is 34.6 Å². The summed E-state index contributed by atoms with van der Waals surface area (Å²) in [4.78, 5) is 9.39. The standard InChI is InChI=1S/C27H26N3/c1-15-12-17(3)22(18(4)13-15)20-10-9-16(2)23-21-8-7-11-30(6)27(21)24-19(5)28-14-29-26(24)25(20)23/h7-14H,1-6H3/q+1. The minimum atomic E-state index is 1.01. The first-order valence-electron chi connectivity index (χ1n) is 10.4. The zero-order chi connectivity index (χ0) is 21.2. The van der Waals surface area contributed by atoms with Gasteiger partial charge in [0.15, 0.2) is 6.20 Å². The molecule has 0 aliphatic carbocycles. The van der Waals surface area contributed by atoms with Crippen LogP contribution in [0.1, 0.15) is 27.9 Å². The van der Waals surface area contributed by atoms with Gasteiger partial charge in [-0.15, -0.1) is 0 Å². The Labute approximate surface area is 177 Å². The van der Waals surface area contributed by atoms with Crippen molar-refractivity contribution in [1.82, 2.24) is 9.97 Å². The van der Waals surface area contributed by atoms with Crippen LogP contribution in [-0.2, 0) is 7.05 Å². The molecule has 3 aromatic carbocycles. The molecular weight excluding hydrogens is 366 g/mol. The number of rotatable bonds is 1. The molecule has 3 heteroatoms. The Hall–Kier alpha value is -3.33. The maximum Gasteiger partial charge on any atom is 0.224 e. The van der Waals surface area contributed by atoms with Gasteiger partial charge in [-0.25, -0.2) is 14.5 Å². The fourth-order valence-electron chi connectivity index (χ4n) is 5.18. The lowest BCUT2D eigenvalue weighted by molar-refractivity contribution is -0.644. The van der Waals surface area contributed by atoms with Crippen molar-refractivity contribution in [2.24, 2.45) is 7.05 Å². The Morgan fingerprint density at radius 3 is 2.23 bits per heavy atom. The van der Waals surface area contributed by atoms with E-state index < -0.39 is 0 Å². The second-order valence-corrected chi connectivity index (χ2v) is 8.52. The summed E-state index contributed by atoms with van der Waals surface area (Å²) in [7, 11) is 2.10. The van der Waals surface area contributed by atoms with Crippen LogP contribution in [0, 0.1) is 34.6 Å². The van der Waals surface area contributed by atoms with Crippen LogP contribution in [0.15, 0.2) is 48.9 Å². The van der Waals surface area contributed by atoms with Crippen molar-refractivity contribution in [3.8, 4) is 11.1 Å². The smallest absolute Gasteiger partial charge is 0.224 e. The third kappa shape index (κ3) is 2.55. The molecule has 0 saturated heterocycles. The van der Waals surface area contributed by atoms with Crippen molar-refractivity contribution in [3.63, 3.8) is 0 Å². The molecule has 0 aliphatic rings. The van der Waals surface area contributed by atoms with E-state index >= 15 is 0 Å². The van der Waals surface area contributed by atoms with Gasteiger partial charge in [-0.2, -0.15) is 0 Å². The van der Waals surface area contributed by atoms with Crippen LogP contribution in [0.4, 0.5) is 0 Å². The highest BCUT2D eigenvalue weighted by Crippen LogP contribution is 2.42. The van der Waals surface area contributed by atoms with E-state index in [4.69, 9.17) is 4.98 Å². The van der Waals surface area contributed by atoms with E-state index in [1.54, 1.807) is 6.33 Å². The van der Waals surface area contributed by atoms with Gasteiger partial charge in [0.25, 0.3) is 0 Å². The predicted molar refractivity (Wildman–Crippen MR) is 125 cm³/mol. The minimum Gasteiger partial charge on any atom is -0.241 e. The summed E-state index contributed by atoms with van der Waals surface area (Å²) in [6, 6.07) is 13.4. The number of hydrogen-bond donors (Lipinski definition) is 0. The second-order valence-electron chi connectivity index (χ2n) is 8.52. The number of pyridine rings is 1. The Morgan fingerprint density at radius 1 is 0.767 bits per heavy atom. The molecule has 0 atom stereocenters. The summed E-state index contributed by atoms with van der Waals surface area (Å²) in [5.74, 6) is 0. The molecule has 5 aromatic rings. The summed E-state index contributed by atoms with van der Waals surface area (Å²) in [6.07, 6.45) is 3.81. The summed E-state index contributed by atoms with van der Waals surface area (Å²) in [5, 5.41) is 4.90. The monoisotopic (exact) mass is 392 g/mol. The van der Waals surface area contributed by atoms with Crippen LogP contribution in [0.5, 0.6) is 0 Å². The van der Waals surface area contributed by atoms with E-state index in [0.717, 1.165) is 16.6 Å². The van der Waals surface area contributed by atoms with E-state index in [1.807, 2.05) is 0 Å². The first-order valence-corrected chi connectivity index (χ1v) is 10.4. The zero-order valence-electron chi connectivity index (χ0n) is 18.5. The Bertz CT molecular complexity index is 1470. The van der Waals surface area contributed by atoms with Crippen molar-refractivity contribution in [2.75, 3.05) is 0 Å². The van der Waals surface area contributed by atoms with Crippen molar-refractivity contribution in [3.05, 3.63) is 76.9 Å². The minimum absolute atomic E-state index is 1.01. The highest BCUT2D eigenvalue weighted by molar-refractivity contribution is 6.27. The van der Waals surface area contributed by atoms with Gasteiger partial charge in [0.1, 0.15) is 13.4 Å². The van der Waals surface area contributed by atoms with Crippen molar-refractivity contribution in [1.29, 1.82) is 0 Å². The van der Waals surface area contributed by atoms with Gasteiger partial charge >= 0.3 is 0 Å². The third-order valence-electron chi connectivity index (χ3n) is 6.32. The normalized spacial score (nSPS) is 11.7. The van der Waals surface area contributed by atoms with E-state index in [0.29, 0.717) is 0 Å². The van der Waals surface area contributed by atoms with E-state index in [9.17, 15) is 0 Å². The number of aryl methyl sites for hydroxylation is 6. The van der Waals surface area contributed by atoms with Crippen LogP contribution in [-0.4, -0.2) is 9.97 Å². The molecule has 30 heavy (non-hydrogen) atoms. The first kappa shape index (κ1) is 18.7. The maximum atomic E-state index is 4.84. The highest BCUT2D eigenvalue weighted by atomic mass is 14.9. The highest BCUT2D eigenvalue weighted by Gasteiger charge is 2.22. The maximum absolute atomic E-state index is 4.84. The first-order chi connectivity index (χ1) is 14.4. The van der Waals surface area contributed by atoms with Crippen LogP contribution >= 0.6 is 0 Å². The Morgan fingerprint density at radius 2 is 1.50 bits per heavy atom. The molecule has 0 saturated carbocycles. The van der Waals surface area contributed by atoms with Crippen LogP contribution < -0.4 is 4.57 Å².